The fraction of sp³-hybridized carbons (Fsp3) is 0.250. The standard InChI is InChI=1S/C16H17BrFNO2/c1-20-15-4-2-3-12(16(15)18)10-21-13-5-6-14(17)11(9-13)7-8-19/h2-6,9H,7-8,10,19H2,1H3. The van der Waals surface area contributed by atoms with Gasteiger partial charge in [-0.25, -0.2) is 4.39 Å². The molecule has 0 atom stereocenters. The summed E-state index contributed by atoms with van der Waals surface area (Å²) in [6, 6.07) is 10.6. The summed E-state index contributed by atoms with van der Waals surface area (Å²) < 4.78 is 25.6. The van der Waals surface area contributed by atoms with Gasteiger partial charge in [0.25, 0.3) is 0 Å². The lowest BCUT2D eigenvalue weighted by Crippen LogP contribution is -2.04. The Morgan fingerprint density at radius 2 is 2.00 bits per heavy atom. The molecule has 2 aromatic carbocycles. The normalized spacial score (nSPS) is 10.5. The van der Waals surface area contributed by atoms with Crippen LogP contribution in [-0.2, 0) is 13.0 Å². The smallest absolute Gasteiger partial charge is 0.171 e. The van der Waals surface area contributed by atoms with Gasteiger partial charge in [0.15, 0.2) is 11.6 Å². The van der Waals surface area contributed by atoms with E-state index >= 15 is 0 Å². The van der Waals surface area contributed by atoms with Crippen molar-refractivity contribution in [1.29, 1.82) is 0 Å². The van der Waals surface area contributed by atoms with Crippen molar-refractivity contribution in [2.45, 2.75) is 13.0 Å². The van der Waals surface area contributed by atoms with Gasteiger partial charge >= 0.3 is 0 Å². The van der Waals surface area contributed by atoms with E-state index in [4.69, 9.17) is 15.2 Å². The number of rotatable bonds is 6. The molecular weight excluding hydrogens is 337 g/mol. The molecule has 0 aliphatic rings. The van der Waals surface area contributed by atoms with Crippen molar-refractivity contribution in [3.63, 3.8) is 0 Å². The zero-order valence-corrected chi connectivity index (χ0v) is 13.3. The summed E-state index contributed by atoms with van der Waals surface area (Å²) in [5.41, 5.74) is 7.10. The van der Waals surface area contributed by atoms with Gasteiger partial charge in [-0.2, -0.15) is 0 Å². The minimum Gasteiger partial charge on any atom is -0.494 e. The van der Waals surface area contributed by atoms with Gasteiger partial charge in [-0.1, -0.05) is 28.1 Å². The first-order chi connectivity index (χ1) is 10.2. The Hall–Kier alpha value is -1.59. The highest BCUT2D eigenvalue weighted by Gasteiger charge is 2.09. The molecule has 112 valence electrons. The van der Waals surface area contributed by atoms with E-state index in [2.05, 4.69) is 15.9 Å². The highest BCUT2D eigenvalue weighted by Crippen LogP contribution is 2.25. The molecule has 0 aliphatic heterocycles. The fourth-order valence-corrected chi connectivity index (χ4v) is 2.42. The predicted molar refractivity (Wildman–Crippen MR) is 84.2 cm³/mol. The lowest BCUT2D eigenvalue weighted by atomic mass is 10.1. The lowest BCUT2D eigenvalue weighted by Gasteiger charge is -2.11. The summed E-state index contributed by atoms with van der Waals surface area (Å²) in [6.45, 7) is 0.708. The van der Waals surface area contributed by atoms with Gasteiger partial charge < -0.3 is 15.2 Å². The summed E-state index contributed by atoms with van der Waals surface area (Å²) >= 11 is 3.47. The van der Waals surface area contributed by atoms with Gasteiger partial charge in [-0.05, 0) is 42.8 Å². The second-order valence-electron chi connectivity index (χ2n) is 4.51. The maximum absolute atomic E-state index is 14.0. The van der Waals surface area contributed by atoms with Crippen molar-refractivity contribution >= 4 is 15.9 Å². The molecule has 0 fully saturated rings. The molecule has 2 aromatic rings. The molecule has 0 bridgehead atoms. The third kappa shape index (κ3) is 3.95. The molecule has 0 amide bonds. The third-order valence-corrected chi connectivity index (χ3v) is 3.86. The zero-order chi connectivity index (χ0) is 15.2. The maximum atomic E-state index is 14.0. The van der Waals surface area contributed by atoms with Crippen LogP contribution in [0, 0.1) is 5.82 Å². The SMILES string of the molecule is COc1cccc(COc2ccc(Br)c(CCN)c2)c1F. The Morgan fingerprint density at radius 3 is 2.71 bits per heavy atom. The van der Waals surface area contributed by atoms with Crippen molar-refractivity contribution < 1.29 is 13.9 Å². The number of nitrogens with two attached hydrogens (primary N) is 1. The fourth-order valence-electron chi connectivity index (χ4n) is 1.97. The van der Waals surface area contributed by atoms with Gasteiger partial charge in [0.2, 0.25) is 0 Å². The van der Waals surface area contributed by atoms with Crippen LogP contribution >= 0.6 is 15.9 Å². The Morgan fingerprint density at radius 1 is 1.19 bits per heavy atom. The Bertz CT molecular complexity index is 619. The van der Waals surface area contributed by atoms with E-state index in [1.807, 2.05) is 18.2 Å². The molecule has 0 aliphatic carbocycles. The zero-order valence-electron chi connectivity index (χ0n) is 11.7. The highest BCUT2D eigenvalue weighted by molar-refractivity contribution is 9.10. The monoisotopic (exact) mass is 353 g/mol. The van der Waals surface area contributed by atoms with Gasteiger partial charge in [0, 0.05) is 10.0 Å². The molecule has 0 radical (unpaired) electrons. The Balaban J connectivity index is 2.11. The molecule has 2 rings (SSSR count). The van der Waals surface area contributed by atoms with E-state index in [0.717, 1.165) is 16.5 Å². The van der Waals surface area contributed by atoms with Crippen LogP contribution in [0.5, 0.6) is 11.5 Å². The lowest BCUT2D eigenvalue weighted by molar-refractivity contribution is 0.295. The third-order valence-electron chi connectivity index (χ3n) is 3.09. The second kappa shape index (κ2) is 7.43. The molecule has 5 heteroatoms. The van der Waals surface area contributed by atoms with Crippen LogP contribution in [0.3, 0.4) is 0 Å². The van der Waals surface area contributed by atoms with Gasteiger partial charge in [-0.15, -0.1) is 0 Å². The number of hydrogen-bond acceptors (Lipinski definition) is 3. The van der Waals surface area contributed by atoms with Crippen LogP contribution in [0.4, 0.5) is 4.39 Å². The van der Waals surface area contributed by atoms with Crippen LogP contribution in [0.25, 0.3) is 0 Å². The molecule has 0 aromatic heterocycles. The molecule has 2 N–H and O–H groups in total. The summed E-state index contributed by atoms with van der Waals surface area (Å²) in [4.78, 5) is 0. The van der Waals surface area contributed by atoms with Crippen LogP contribution in [0.1, 0.15) is 11.1 Å². The number of methoxy groups -OCH3 is 1. The largest absolute Gasteiger partial charge is 0.494 e. The number of hydrogen-bond donors (Lipinski definition) is 1. The molecule has 0 unspecified atom stereocenters. The van der Waals surface area contributed by atoms with Gasteiger partial charge in [0.1, 0.15) is 12.4 Å². The number of ether oxygens (including phenoxy) is 2. The predicted octanol–water partition coefficient (Wildman–Crippen LogP) is 3.68. The number of halogens is 2. The second-order valence-corrected chi connectivity index (χ2v) is 5.37. The molecule has 0 heterocycles. The van der Waals surface area contributed by atoms with Crippen LogP contribution in [-0.4, -0.2) is 13.7 Å². The highest BCUT2D eigenvalue weighted by atomic mass is 79.9. The van der Waals surface area contributed by atoms with E-state index in [1.54, 1.807) is 18.2 Å². The summed E-state index contributed by atoms with van der Waals surface area (Å²) in [6.07, 6.45) is 0.755. The quantitative estimate of drug-likeness (QED) is 0.861. The molecule has 0 saturated heterocycles. The van der Waals surface area contributed by atoms with E-state index < -0.39 is 0 Å². The van der Waals surface area contributed by atoms with Gasteiger partial charge in [0.05, 0.1) is 7.11 Å². The first-order valence-corrected chi connectivity index (χ1v) is 7.37. The average molecular weight is 354 g/mol. The molecule has 21 heavy (non-hydrogen) atoms. The summed E-state index contributed by atoms with van der Waals surface area (Å²) in [5, 5.41) is 0. The van der Waals surface area contributed by atoms with Gasteiger partial charge in [-0.3, -0.25) is 0 Å². The molecular formula is C16H17BrFNO2. The summed E-state index contributed by atoms with van der Waals surface area (Å²) in [7, 11) is 1.44. The van der Waals surface area contributed by atoms with E-state index in [1.165, 1.54) is 7.11 Å². The number of benzene rings is 2. The minimum absolute atomic E-state index is 0.146. The minimum atomic E-state index is -0.390. The summed E-state index contributed by atoms with van der Waals surface area (Å²) in [5.74, 6) is 0.513. The van der Waals surface area contributed by atoms with E-state index in [-0.39, 0.29) is 18.2 Å². The Kier molecular flexibility index (Phi) is 5.59. The molecule has 0 saturated carbocycles. The maximum Gasteiger partial charge on any atom is 0.171 e. The van der Waals surface area contributed by atoms with Crippen molar-refractivity contribution in [3.05, 3.63) is 57.8 Å². The van der Waals surface area contributed by atoms with Crippen LogP contribution in [0.2, 0.25) is 0 Å². The van der Waals surface area contributed by atoms with E-state index in [0.29, 0.717) is 17.9 Å². The average Bonchev–Trinajstić information content (AvgIpc) is 2.49. The van der Waals surface area contributed by atoms with E-state index in [9.17, 15) is 4.39 Å². The molecule has 0 spiro atoms. The first kappa shape index (κ1) is 15.8. The topological polar surface area (TPSA) is 44.5 Å². The van der Waals surface area contributed by atoms with Crippen molar-refractivity contribution in [3.8, 4) is 11.5 Å². The van der Waals surface area contributed by atoms with Crippen molar-refractivity contribution in [2.24, 2.45) is 5.73 Å². The van der Waals surface area contributed by atoms with Crippen molar-refractivity contribution in [2.75, 3.05) is 13.7 Å². The Labute approximate surface area is 132 Å². The molecule has 3 nitrogen and oxygen atoms in total. The van der Waals surface area contributed by atoms with Crippen LogP contribution in [0.15, 0.2) is 40.9 Å². The van der Waals surface area contributed by atoms with Crippen LogP contribution < -0.4 is 15.2 Å². The van der Waals surface area contributed by atoms with Crippen molar-refractivity contribution in [1.82, 2.24) is 0 Å². The first-order valence-electron chi connectivity index (χ1n) is 6.58.